The molecule has 3 aliphatic rings. The molecule has 2 aromatic rings. The average Bonchev–Trinajstić information content (AvgIpc) is 3.27. The van der Waals surface area contributed by atoms with E-state index in [1.165, 1.54) is 14.2 Å². The molecule has 5 rings (SSSR count). The van der Waals surface area contributed by atoms with Crippen LogP contribution in [0.25, 0.3) is 6.08 Å². The number of carbonyl (C=O) groups excluding carboxylic acids is 3. The van der Waals surface area contributed by atoms with Crippen LogP contribution < -0.4 is 14.8 Å². The van der Waals surface area contributed by atoms with Crippen molar-refractivity contribution in [3.8, 4) is 11.5 Å². The number of imide groups is 1. The maximum Gasteiger partial charge on any atom is 0.233 e. The van der Waals surface area contributed by atoms with Crippen molar-refractivity contribution in [3.05, 3.63) is 65.4 Å². The van der Waals surface area contributed by atoms with E-state index in [-0.39, 0.29) is 17.7 Å². The second-order valence-electron chi connectivity index (χ2n) is 7.62. The van der Waals surface area contributed by atoms with Gasteiger partial charge in [-0.05, 0) is 35.4 Å². The van der Waals surface area contributed by atoms with Crippen molar-refractivity contribution in [2.24, 2.45) is 11.8 Å². The highest BCUT2D eigenvalue weighted by molar-refractivity contribution is 6.12. The number of rotatable bonds is 4. The largest absolute Gasteiger partial charge is 0.497 e. The molecule has 2 amide bonds. The minimum atomic E-state index is -0.822. The fourth-order valence-electron chi connectivity index (χ4n) is 4.94. The first-order valence-corrected chi connectivity index (χ1v) is 9.70. The highest BCUT2D eigenvalue weighted by atomic mass is 16.5. The van der Waals surface area contributed by atoms with Crippen LogP contribution in [0.3, 0.4) is 0 Å². The molecule has 2 aromatic carbocycles. The first kappa shape index (κ1) is 18.4. The van der Waals surface area contributed by atoms with Crippen LogP contribution in [0.2, 0.25) is 0 Å². The molecule has 2 fully saturated rings. The number of carbonyl (C=O) groups is 3. The molecule has 0 bridgehead atoms. The number of ether oxygens (including phenoxy) is 2. The van der Waals surface area contributed by atoms with E-state index in [2.05, 4.69) is 5.32 Å². The molecule has 7 nitrogen and oxygen atoms in total. The third-order valence-electron chi connectivity index (χ3n) is 6.24. The summed E-state index contributed by atoms with van der Waals surface area (Å²) < 4.78 is 10.7. The minimum Gasteiger partial charge on any atom is -0.497 e. The van der Waals surface area contributed by atoms with Crippen LogP contribution in [0.4, 0.5) is 0 Å². The highest BCUT2D eigenvalue weighted by Crippen LogP contribution is 2.51. The van der Waals surface area contributed by atoms with Crippen LogP contribution in [0.1, 0.15) is 27.5 Å². The van der Waals surface area contributed by atoms with Crippen LogP contribution in [-0.4, -0.2) is 42.8 Å². The van der Waals surface area contributed by atoms with Crippen molar-refractivity contribution in [2.45, 2.75) is 12.1 Å². The minimum absolute atomic E-state index is 0.280. The molecule has 2 saturated heterocycles. The lowest BCUT2D eigenvalue weighted by atomic mass is 9.83. The summed E-state index contributed by atoms with van der Waals surface area (Å²) in [6.07, 6.45) is 3.74. The van der Waals surface area contributed by atoms with Gasteiger partial charge in [-0.1, -0.05) is 24.3 Å². The Morgan fingerprint density at radius 3 is 2.53 bits per heavy atom. The van der Waals surface area contributed by atoms with Crippen LogP contribution in [0.5, 0.6) is 11.5 Å². The summed E-state index contributed by atoms with van der Waals surface area (Å²) in [4.78, 5) is 41.1. The van der Waals surface area contributed by atoms with Crippen LogP contribution >= 0.6 is 0 Å². The Bertz CT molecular complexity index is 1110. The van der Waals surface area contributed by atoms with Gasteiger partial charge in [-0.25, -0.2) is 0 Å². The predicted molar refractivity (Wildman–Crippen MR) is 108 cm³/mol. The Balaban J connectivity index is 1.65. The maximum atomic E-state index is 13.8. The summed E-state index contributed by atoms with van der Waals surface area (Å²) in [7, 11) is 3.01. The summed E-state index contributed by atoms with van der Waals surface area (Å²) in [5, 5.41) is 2.43. The fourth-order valence-corrected chi connectivity index (χ4v) is 4.94. The Labute approximate surface area is 173 Å². The SMILES string of the molecule is COc1ccc(OC)c(C(=O)[C@H]2[C@H]3C(=O)NC(=O)[C@@H]3[C@@H]3c4ccccc4C=CN23)c1. The van der Waals surface area contributed by atoms with Crippen LogP contribution in [-0.2, 0) is 9.59 Å². The van der Waals surface area contributed by atoms with E-state index < -0.39 is 23.8 Å². The summed E-state index contributed by atoms with van der Waals surface area (Å²) in [5.41, 5.74) is 2.24. The standard InChI is InChI=1S/C23H20N2O5/c1-29-13-7-8-16(30-2)15(11-13)21(26)20-18-17(22(27)24-23(18)28)19-14-6-4-3-5-12(14)9-10-25(19)20/h3-11,17-20H,1-2H3,(H,24,27,28)/t17-,18-,19-,20+/m0/s1. The number of methoxy groups -OCH3 is 2. The molecule has 7 heteroatoms. The van der Waals surface area contributed by atoms with E-state index in [1.807, 2.05) is 41.4 Å². The van der Waals surface area contributed by atoms with Gasteiger partial charge in [-0.2, -0.15) is 0 Å². The van der Waals surface area contributed by atoms with E-state index in [0.29, 0.717) is 17.1 Å². The van der Waals surface area contributed by atoms with Crippen LogP contribution in [0.15, 0.2) is 48.7 Å². The topological polar surface area (TPSA) is 84.9 Å². The lowest BCUT2D eigenvalue weighted by Gasteiger charge is -2.34. The van der Waals surface area contributed by atoms with E-state index >= 15 is 0 Å². The Kier molecular flexibility index (Phi) is 4.13. The Morgan fingerprint density at radius 2 is 1.77 bits per heavy atom. The molecule has 0 spiro atoms. The number of Topliss-reactive ketones (excluding diaryl/α,β-unsaturated/α-hetero) is 1. The van der Waals surface area contributed by atoms with Gasteiger partial charge in [0.15, 0.2) is 5.78 Å². The van der Waals surface area contributed by atoms with Crippen molar-refractivity contribution in [1.82, 2.24) is 10.2 Å². The second kappa shape index (κ2) is 6.73. The third-order valence-corrected chi connectivity index (χ3v) is 6.24. The van der Waals surface area contributed by atoms with E-state index in [4.69, 9.17) is 9.47 Å². The number of amides is 2. The Morgan fingerprint density at radius 1 is 1.00 bits per heavy atom. The molecule has 0 radical (unpaired) electrons. The predicted octanol–water partition coefficient (Wildman–Crippen LogP) is 2.19. The van der Waals surface area contributed by atoms with E-state index in [9.17, 15) is 14.4 Å². The molecule has 3 aliphatic heterocycles. The molecule has 0 aromatic heterocycles. The number of fused-ring (bicyclic) bond motifs is 5. The molecule has 152 valence electrons. The molecule has 3 heterocycles. The zero-order valence-corrected chi connectivity index (χ0v) is 16.5. The average molecular weight is 404 g/mol. The summed E-state index contributed by atoms with van der Waals surface area (Å²) >= 11 is 0. The van der Waals surface area contributed by atoms with E-state index in [0.717, 1.165) is 11.1 Å². The second-order valence-corrected chi connectivity index (χ2v) is 7.62. The molecular weight excluding hydrogens is 384 g/mol. The normalized spacial score (nSPS) is 26.0. The number of hydrogen-bond donors (Lipinski definition) is 1. The third kappa shape index (κ3) is 2.48. The maximum absolute atomic E-state index is 13.8. The fraction of sp³-hybridized carbons (Fsp3) is 0.261. The highest BCUT2D eigenvalue weighted by Gasteiger charge is 2.61. The zero-order valence-electron chi connectivity index (χ0n) is 16.5. The number of benzene rings is 2. The van der Waals surface area contributed by atoms with Gasteiger partial charge in [-0.15, -0.1) is 0 Å². The van der Waals surface area contributed by atoms with Crippen molar-refractivity contribution < 1.29 is 23.9 Å². The van der Waals surface area contributed by atoms with Gasteiger partial charge in [0, 0.05) is 6.20 Å². The number of nitrogens with zero attached hydrogens (tertiary/aromatic N) is 1. The molecule has 4 atom stereocenters. The van der Waals surface area contributed by atoms with Gasteiger partial charge in [0.1, 0.15) is 17.5 Å². The number of hydrogen-bond acceptors (Lipinski definition) is 6. The quantitative estimate of drug-likeness (QED) is 0.621. The lowest BCUT2D eigenvalue weighted by Crippen LogP contribution is -2.43. The van der Waals surface area contributed by atoms with Gasteiger partial charge in [0.2, 0.25) is 11.8 Å². The van der Waals surface area contributed by atoms with Gasteiger partial charge in [0.25, 0.3) is 0 Å². The van der Waals surface area contributed by atoms with Gasteiger partial charge >= 0.3 is 0 Å². The van der Waals surface area contributed by atoms with E-state index in [1.54, 1.807) is 18.2 Å². The van der Waals surface area contributed by atoms with Crippen molar-refractivity contribution in [1.29, 1.82) is 0 Å². The van der Waals surface area contributed by atoms with Gasteiger partial charge < -0.3 is 14.4 Å². The van der Waals surface area contributed by atoms with Crippen molar-refractivity contribution in [3.63, 3.8) is 0 Å². The Hall–Kier alpha value is -3.61. The smallest absolute Gasteiger partial charge is 0.233 e. The first-order chi connectivity index (χ1) is 14.5. The first-order valence-electron chi connectivity index (χ1n) is 9.70. The number of nitrogens with one attached hydrogen (secondary N) is 1. The van der Waals surface area contributed by atoms with Gasteiger partial charge in [-0.3, -0.25) is 19.7 Å². The zero-order chi connectivity index (χ0) is 21.0. The summed E-state index contributed by atoms with van der Waals surface area (Å²) in [5.74, 6) is -1.53. The number of ketones is 1. The molecule has 0 aliphatic carbocycles. The van der Waals surface area contributed by atoms with Gasteiger partial charge in [0.05, 0.1) is 37.7 Å². The molecule has 0 saturated carbocycles. The molecule has 1 N–H and O–H groups in total. The van der Waals surface area contributed by atoms with Crippen LogP contribution in [0, 0.1) is 11.8 Å². The summed E-state index contributed by atoms with van der Waals surface area (Å²) in [6, 6.07) is 11.5. The summed E-state index contributed by atoms with van der Waals surface area (Å²) in [6.45, 7) is 0. The molecule has 30 heavy (non-hydrogen) atoms. The lowest BCUT2D eigenvalue weighted by molar-refractivity contribution is -0.127. The van der Waals surface area contributed by atoms with Crippen molar-refractivity contribution in [2.75, 3.05) is 14.2 Å². The molecular formula is C23H20N2O5. The van der Waals surface area contributed by atoms with Crippen molar-refractivity contribution >= 4 is 23.7 Å². The molecule has 0 unspecified atom stereocenters. The monoisotopic (exact) mass is 404 g/mol.